The summed E-state index contributed by atoms with van der Waals surface area (Å²) in [6.45, 7) is 0. The maximum absolute atomic E-state index is 3.15. The number of hydrogen-bond donors (Lipinski definition) is 0. The molecule has 0 spiro atoms. The van der Waals surface area contributed by atoms with Gasteiger partial charge in [0.15, 0.2) is 0 Å². The average molecular weight is 150 g/mol. The van der Waals surface area contributed by atoms with Crippen LogP contribution in [0, 0.1) is 6.07 Å². The van der Waals surface area contributed by atoms with Gasteiger partial charge in [0, 0.05) is 0 Å². The van der Waals surface area contributed by atoms with Crippen LogP contribution in [-0.2, 0) is 0 Å². The van der Waals surface area contributed by atoms with Crippen molar-refractivity contribution in [2.24, 2.45) is 0 Å². The van der Waals surface area contributed by atoms with Crippen LogP contribution in [0.5, 0.6) is 0 Å². The minimum absolute atomic E-state index is 0. The molecule has 0 aliphatic heterocycles. The average Bonchev–Trinajstić information content (AvgIpc) is 2.05. The molecule has 0 bridgehead atoms. The fourth-order valence-corrected chi connectivity index (χ4v) is 1.06. The maximum atomic E-state index is 3.15. The SMILES string of the molecule is C.[Li+].[c-]1cccc2ccccc12. The van der Waals surface area contributed by atoms with E-state index in [0.29, 0.717) is 0 Å². The molecule has 0 saturated carbocycles. The molecule has 1 heteroatoms. The Bertz CT molecular complexity index is 276. The van der Waals surface area contributed by atoms with Gasteiger partial charge in [-0.2, -0.15) is 0 Å². The molecule has 0 atom stereocenters. The van der Waals surface area contributed by atoms with Crippen LogP contribution in [0.15, 0.2) is 42.5 Å². The second kappa shape index (κ2) is 5.03. The van der Waals surface area contributed by atoms with Gasteiger partial charge in [-0.05, 0) is 0 Å². The van der Waals surface area contributed by atoms with Crippen molar-refractivity contribution in [1.82, 2.24) is 0 Å². The van der Waals surface area contributed by atoms with E-state index in [9.17, 15) is 0 Å². The molecule has 0 radical (unpaired) electrons. The van der Waals surface area contributed by atoms with E-state index in [-0.39, 0.29) is 26.3 Å². The zero-order valence-electron chi connectivity index (χ0n) is 6.54. The standard InChI is InChI=1S/C10H7.CH4.Li/c1-2-6-10-8-4-3-7-9(10)5-1;;/h1-7H;1H4;/q-1;;+1. The summed E-state index contributed by atoms with van der Waals surface area (Å²) in [4.78, 5) is 0. The predicted molar refractivity (Wildman–Crippen MR) is 49.5 cm³/mol. The maximum Gasteiger partial charge on any atom is 1.00 e. The second-order valence-corrected chi connectivity index (χ2v) is 2.26. The number of fused-ring (bicyclic) bond motifs is 1. The summed E-state index contributed by atoms with van der Waals surface area (Å²) < 4.78 is 0. The third-order valence-corrected chi connectivity index (χ3v) is 1.57. The summed E-state index contributed by atoms with van der Waals surface area (Å²) in [7, 11) is 0. The monoisotopic (exact) mass is 150 g/mol. The van der Waals surface area contributed by atoms with Gasteiger partial charge in [0.05, 0.1) is 0 Å². The first-order valence-electron chi connectivity index (χ1n) is 3.32. The number of benzene rings is 2. The first-order chi connectivity index (χ1) is 4.97. The topological polar surface area (TPSA) is 0 Å². The molecule has 0 heterocycles. The molecule has 0 aliphatic rings. The zero-order valence-corrected chi connectivity index (χ0v) is 6.54. The van der Waals surface area contributed by atoms with Gasteiger partial charge < -0.3 is 0 Å². The Morgan fingerprint density at radius 3 is 2.33 bits per heavy atom. The minimum Gasteiger partial charge on any atom is -0.147 e. The Morgan fingerprint density at radius 1 is 0.917 bits per heavy atom. The van der Waals surface area contributed by atoms with Crippen LogP contribution in [-0.4, -0.2) is 0 Å². The Morgan fingerprint density at radius 2 is 1.58 bits per heavy atom. The van der Waals surface area contributed by atoms with Crippen molar-refractivity contribution in [2.75, 3.05) is 0 Å². The Kier molecular flexibility index (Phi) is 4.74. The molecule has 0 aromatic heterocycles. The normalized spacial score (nSPS) is 8.33. The van der Waals surface area contributed by atoms with E-state index in [4.69, 9.17) is 0 Å². The van der Waals surface area contributed by atoms with Crippen molar-refractivity contribution in [1.29, 1.82) is 0 Å². The largest absolute Gasteiger partial charge is 1.00 e. The first-order valence-corrected chi connectivity index (χ1v) is 3.32. The van der Waals surface area contributed by atoms with Crippen LogP contribution in [0.4, 0.5) is 0 Å². The van der Waals surface area contributed by atoms with Crippen molar-refractivity contribution in [2.45, 2.75) is 7.43 Å². The van der Waals surface area contributed by atoms with Gasteiger partial charge in [0.1, 0.15) is 0 Å². The summed E-state index contributed by atoms with van der Waals surface area (Å²) in [6, 6.07) is 17.4. The predicted octanol–water partition coefficient (Wildman–Crippen LogP) is 0.280. The summed E-state index contributed by atoms with van der Waals surface area (Å²) in [5.74, 6) is 0. The van der Waals surface area contributed by atoms with E-state index >= 15 is 0 Å². The van der Waals surface area contributed by atoms with Crippen LogP contribution < -0.4 is 18.9 Å². The van der Waals surface area contributed by atoms with Gasteiger partial charge in [0.2, 0.25) is 0 Å². The fourth-order valence-electron chi connectivity index (χ4n) is 1.06. The molecule has 0 N–H and O–H groups in total. The second-order valence-electron chi connectivity index (χ2n) is 2.26. The van der Waals surface area contributed by atoms with E-state index in [0.717, 1.165) is 0 Å². The minimum atomic E-state index is 0. The van der Waals surface area contributed by atoms with Crippen LogP contribution in [0.25, 0.3) is 10.8 Å². The Hall–Kier alpha value is -0.703. The third kappa shape index (κ3) is 2.14. The van der Waals surface area contributed by atoms with Gasteiger partial charge in [-0.1, -0.05) is 19.6 Å². The van der Waals surface area contributed by atoms with Gasteiger partial charge >= 0.3 is 18.9 Å². The molecule has 0 saturated heterocycles. The van der Waals surface area contributed by atoms with Gasteiger partial charge in [-0.25, -0.2) is 0 Å². The van der Waals surface area contributed by atoms with Crippen LogP contribution in [0.2, 0.25) is 0 Å². The van der Waals surface area contributed by atoms with Crippen molar-refractivity contribution in [3.63, 3.8) is 0 Å². The molecule has 2 rings (SSSR count). The molecule has 0 unspecified atom stereocenters. The van der Waals surface area contributed by atoms with Crippen molar-refractivity contribution in [3.8, 4) is 0 Å². The van der Waals surface area contributed by atoms with Crippen molar-refractivity contribution < 1.29 is 18.9 Å². The summed E-state index contributed by atoms with van der Waals surface area (Å²) in [6.07, 6.45) is 0. The van der Waals surface area contributed by atoms with Crippen molar-refractivity contribution in [3.05, 3.63) is 48.5 Å². The number of hydrogen-bond acceptors (Lipinski definition) is 0. The molecule has 0 aliphatic carbocycles. The summed E-state index contributed by atoms with van der Waals surface area (Å²) >= 11 is 0. The molecule has 2 aromatic carbocycles. The van der Waals surface area contributed by atoms with Gasteiger partial charge in [0.25, 0.3) is 0 Å². The van der Waals surface area contributed by atoms with E-state index in [1.54, 1.807) is 0 Å². The van der Waals surface area contributed by atoms with E-state index in [1.807, 2.05) is 24.3 Å². The molecule has 0 fully saturated rings. The Balaban J connectivity index is 0.000000605. The fraction of sp³-hybridized carbons (Fsp3) is 0.0909. The smallest absolute Gasteiger partial charge is 0.147 e. The zero-order chi connectivity index (χ0) is 6.81. The van der Waals surface area contributed by atoms with Gasteiger partial charge in [-0.15, -0.1) is 47.2 Å². The number of rotatable bonds is 0. The van der Waals surface area contributed by atoms with Crippen molar-refractivity contribution >= 4 is 10.8 Å². The van der Waals surface area contributed by atoms with E-state index < -0.39 is 0 Å². The molecule has 12 heavy (non-hydrogen) atoms. The molecule has 0 nitrogen and oxygen atoms in total. The molecule has 0 amide bonds. The quantitative estimate of drug-likeness (QED) is 0.374. The molecular formula is C11H11Li. The molecule has 2 aromatic rings. The van der Waals surface area contributed by atoms with Crippen LogP contribution in [0.3, 0.4) is 0 Å². The van der Waals surface area contributed by atoms with Gasteiger partial charge in [-0.3, -0.25) is 0 Å². The third-order valence-electron chi connectivity index (χ3n) is 1.57. The van der Waals surface area contributed by atoms with E-state index in [1.165, 1.54) is 10.8 Å². The summed E-state index contributed by atoms with van der Waals surface area (Å²) in [5.41, 5.74) is 0. The van der Waals surface area contributed by atoms with E-state index in [2.05, 4.69) is 24.3 Å². The molecule has 56 valence electrons. The Labute approximate surface area is 85.8 Å². The summed E-state index contributed by atoms with van der Waals surface area (Å²) in [5, 5.41) is 2.44. The van der Waals surface area contributed by atoms with Crippen LogP contribution in [0.1, 0.15) is 7.43 Å². The first kappa shape index (κ1) is 11.3. The molecular weight excluding hydrogens is 139 g/mol. The van der Waals surface area contributed by atoms with Crippen LogP contribution >= 0.6 is 0 Å².